The van der Waals surface area contributed by atoms with Gasteiger partial charge in [0.2, 0.25) is 23.6 Å². The highest BCUT2D eigenvalue weighted by molar-refractivity contribution is 5.92. The van der Waals surface area contributed by atoms with Crippen LogP contribution in [0.5, 0.6) is 11.5 Å². The average Bonchev–Trinajstić information content (AvgIpc) is 2.84. The van der Waals surface area contributed by atoms with Crippen LogP contribution >= 0.6 is 0 Å². The molecular formula is C24H41N7O6. The molecular weight excluding hydrogens is 482 g/mol. The van der Waals surface area contributed by atoms with Gasteiger partial charge in [-0.2, -0.15) is 0 Å². The topological polar surface area (TPSA) is 221 Å². The van der Waals surface area contributed by atoms with Gasteiger partial charge in [0.1, 0.15) is 17.5 Å². The van der Waals surface area contributed by atoms with Crippen molar-refractivity contribution in [3.63, 3.8) is 0 Å². The highest BCUT2D eigenvalue weighted by Crippen LogP contribution is 2.22. The number of phenolic OH excluding ortho intramolecular Hbond substituents is 2. The SMILES string of the molecule is NCC(=O)NCCCNCCCNCCCCNC(=O)[C@H](CC(N)=O)NC(=O)Cc1ccc(O)cc1O. The number of amides is 4. The number of benzene rings is 1. The molecule has 0 aliphatic rings. The summed E-state index contributed by atoms with van der Waals surface area (Å²) in [4.78, 5) is 47.1. The molecule has 0 saturated carbocycles. The number of unbranched alkanes of at least 4 members (excludes halogenated alkanes) is 1. The zero-order valence-electron chi connectivity index (χ0n) is 21.2. The van der Waals surface area contributed by atoms with Crippen molar-refractivity contribution in [2.24, 2.45) is 11.5 Å². The van der Waals surface area contributed by atoms with Gasteiger partial charge in [0, 0.05) is 24.7 Å². The number of hydrogen-bond donors (Lipinski definition) is 9. The van der Waals surface area contributed by atoms with E-state index in [0.717, 1.165) is 51.5 Å². The molecule has 0 saturated heterocycles. The molecule has 0 bridgehead atoms. The van der Waals surface area contributed by atoms with Crippen LogP contribution < -0.4 is 38.1 Å². The lowest BCUT2D eigenvalue weighted by atomic mass is 10.1. The van der Waals surface area contributed by atoms with Crippen LogP contribution in [0.3, 0.4) is 0 Å². The van der Waals surface area contributed by atoms with Gasteiger partial charge < -0.3 is 48.3 Å². The Balaban J connectivity index is 2.16. The first-order valence-corrected chi connectivity index (χ1v) is 12.5. The number of nitrogens with one attached hydrogen (secondary N) is 5. The molecule has 1 rings (SSSR count). The number of phenols is 2. The number of aromatic hydroxyl groups is 2. The summed E-state index contributed by atoms with van der Waals surface area (Å²) in [6.07, 6.45) is 2.77. The maximum absolute atomic E-state index is 12.5. The average molecular weight is 524 g/mol. The predicted octanol–water partition coefficient (Wildman–Crippen LogP) is -2.07. The summed E-state index contributed by atoms with van der Waals surface area (Å²) in [5, 5.41) is 33.7. The quantitative estimate of drug-likeness (QED) is 0.0855. The highest BCUT2D eigenvalue weighted by Gasteiger charge is 2.23. The van der Waals surface area contributed by atoms with Gasteiger partial charge in [0.25, 0.3) is 0 Å². The summed E-state index contributed by atoms with van der Waals surface area (Å²) < 4.78 is 0. The molecule has 0 aliphatic carbocycles. The smallest absolute Gasteiger partial charge is 0.243 e. The number of hydrogen-bond acceptors (Lipinski definition) is 9. The lowest BCUT2D eigenvalue weighted by Crippen LogP contribution is -2.49. The second-order valence-corrected chi connectivity index (χ2v) is 8.54. The number of nitrogens with two attached hydrogens (primary N) is 2. The lowest BCUT2D eigenvalue weighted by molar-refractivity contribution is -0.131. The second-order valence-electron chi connectivity index (χ2n) is 8.54. The van der Waals surface area contributed by atoms with Gasteiger partial charge in [-0.25, -0.2) is 0 Å². The van der Waals surface area contributed by atoms with Crippen LogP contribution in [0.25, 0.3) is 0 Å². The highest BCUT2D eigenvalue weighted by atomic mass is 16.3. The molecule has 208 valence electrons. The minimum atomic E-state index is -1.12. The van der Waals surface area contributed by atoms with E-state index in [2.05, 4.69) is 26.6 Å². The van der Waals surface area contributed by atoms with Gasteiger partial charge in [0.05, 0.1) is 19.4 Å². The van der Waals surface area contributed by atoms with E-state index in [0.29, 0.717) is 19.5 Å². The molecule has 0 unspecified atom stereocenters. The van der Waals surface area contributed by atoms with Crippen LogP contribution in [-0.2, 0) is 25.6 Å². The maximum Gasteiger partial charge on any atom is 0.243 e. The van der Waals surface area contributed by atoms with E-state index in [-0.39, 0.29) is 42.4 Å². The van der Waals surface area contributed by atoms with Crippen LogP contribution in [0, 0.1) is 0 Å². The van der Waals surface area contributed by atoms with Gasteiger partial charge in [-0.1, -0.05) is 6.07 Å². The molecule has 4 amide bonds. The van der Waals surface area contributed by atoms with E-state index in [1.54, 1.807) is 0 Å². The maximum atomic E-state index is 12.5. The van der Waals surface area contributed by atoms with Gasteiger partial charge in [-0.3, -0.25) is 19.2 Å². The first kappa shape index (κ1) is 31.6. The minimum Gasteiger partial charge on any atom is -0.508 e. The molecule has 37 heavy (non-hydrogen) atoms. The van der Waals surface area contributed by atoms with Crippen molar-refractivity contribution in [1.82, 2.24) is 26.6 Å². The molecule has 1 aromatic rings. The molecule has 0 aliphatic heterocycles. The summed E-state index contributed by atoms with van der Waals surface area (Å²) in [7, 11) is 0. The number of carbonyl (C=O) groups is 4. The van der Waals surface area contributed by atoms with Crippen LogP contribution in [0.1, 0.15) is 37.7 Å². The Morgan fingerprint density at radius 1 is 0.811 bits per heavy atom. The second kappa shape index (κ2) is 18.8. The third-order valence-electron chi connectivity index (χ3n) is 5.30. The van der Waals surface area contributed by atoms with Crippen molar-refractivity contribution in [3.8, 4) is 11.5 Å². The summed E-state index contributed by atoms with van der Waals surface area (Å²) in [6.45, 7) is 4.33. The zero-order chi connectivity index (χ0) is 27.5. The van der Waals surface area contributed by atoms with Gasteiger partial charge in [0.15, 0.2) is 0 Å². The Hall–Kier alpha value is -3.42. The first-order valence-electron chi connectivity index (χ1n) is 12.5. The Labute approximate surface area is 217 Å². The van der Waals surface area contributed by atoms with Crippen LogP contribution in [0.4, 0.5) is 0 Å². The van der Waals surface area contributed by atoms with Crippen molar-refractivity contribution in [3.05, 3.63) is 23.8 Å². The monoisotopic (exact) mass is 523 g/mol. The zero-order valence-corrected chi connectivity index (χ0v) is 21.2. The molecule has 0 spiro atoms. The summed E-state index contributed by atoms with van der Waals surface area (Å²) in [5.74, 6) is -2.35. The van der Waals surface area contributed by atoms with Crippen molar-refractivity contribution in [2.75, 3.05) is 45.8 Å². The molecule has 1 aromatic carbocycles. The predicted molar refractivity (Wildman–Crippen MR) is 138 cm³/mol. The van der Waals surface area contributed by atoms with Crippen molar-refractivity contribution >= 4 is 23.6 Å². The number of primary amides is 1. The van der Waals surface area contributed by atoms with Crippen molar-refractivity contribution < 1.29 is 29.4 Å². The van der Waals surface area contributed by atoms with Crippen molar-refractivity contribution in [1.29, 1.82) is 0 Å². The molecule has 0 heterocycles. The standard InChI is InChI=1S/C24H41N7O6/c25-16-23(36)29-12-4-10-28-9-3-8-27-7-1-2-11-30-24(37)19(15-21(26)34)31-22(35)13-17-5-6-18(32)14-20(17)33/h5-6,14,19,27-28,32-33H,1-4,7-13,15-16,25H2,(H2,26,34)(H,29,36)(H,30,37)(H,31,35)/t19-/m0/s1. The van der Waals surface area contributed by atoms with E-state index >= 15 is 0 Å². The van der Waals surface area contributed by atoms with Crippen LogP contribution in [0.15, 0.2) is 18.2 Å². The third-order valence-corrected chi connectivity index (χ3v) is 5.30. The molecule has 0 radical (unpaired) electrons. The van der Waals surface area contributed by atoms with E-state index in [1.807, 2.05) is 0 Å². The summed E-state index contributed by atoms with van der Waals surface area (Å²) in [5.41, 5.74) is 10.7. The fourth-order valence-corrected chi connectivity index (χ4v) is 3.34. The molecule has 1 atom stereocenters. The van der Waals surface area contributed by atoms with E-state index in [4.69, 9.17) is 11.5 Å². The molecule has 0 fully saturated rings. The molecule has 13 nitrogen and oxygen atoms in total. The lowest BCUT2D eigenvalue weighted by Gasteiger charge is -2.17. The third kappa shape index (κ3) is 15.3. The van der Waals surface area contributed by atoms with Crippen molar-refractivity contribution in [2.45, 2.75) is 44.6 Å². The van der Waals surface area contributed by atoms with Gasteiger partial charge in [-0.15, -0.1) is 0 Å². The van der Waals surface area contributed by atoms with E-state index in [1.165, 1.54) is 12.1 Å². The van der Waals surface area contributed by atoms with Crippen LogP contribution in [-0.4, -0.2) is 85.7 Å². The summed E-state index contributed by atoms with van der Waals surface area (Å²) >= 11 is 0. The Morgan fingerprint density at radius 2 is 1.41 bits per heavy atom. The first-order chi connectivity index (χ1) is 17.7. The Kier molecular flexibility index (Phi) is 16.1. The number of carbonyl (C=O) groups excluding carboxylic acids is 4. The van der Waals surface area contributed by atoms with Gasteiger partial charge >= 0.3 is 0 Å². The van der Waals surface area contributed by atoms with E-state index in [9.17, 15) is 29.4 Å². The fraction of sp³-hybridized carbons (Fsp3) is 0.583. The fourth-order valence-electron chi connectivity index (χ4n) is 3.34. The van der Waals surface area contributed by atoms with Crippen LogP contribution in [0.2, 0.25) is 0 Å². The largest absolute Gasteiger partial charge is 0.508 e. The van der Waals surface area contributed by atoms with Gasteiger partial charge in [-0.05, 0) is 57.9 Å². The molecule has 13 heteroatoms. The summed E-state index contributed by atoms with van der Waals surface area (Å²) in [6, 6.07) is 2.72. The molecule has 11 N–H and O–H groups in total. The Morgan fingerprint density at radius 3 is 2.03 bits per heavy atom. The normalized spacial score (nSPS) is 11.5. The minimum absolute atomic E-state index is 0.00920. The number of rotatable bonds is 20. The van der Waals surface area contributed by atoms with E-state index < -0.39 is 23.8 Å². The Bertz CT molecular complexity index is 868. The molecule has 0 aromatic heterocycles.